The van der Waals surface area contributed by atoms with Gasteiger partial charge in [-0.25, -0.2) is 4.79 Å². The molecule has 2 rings (SSSR count). The van der Waals surface area contributed by atoms with Gasteiger partial charge in [-0.05, 0) is 31.7 Å². The first-order valence-corrected chi connectivity index (χ1v) is 9.60. The summed E-state index contributed by atoms with van der Waals surface area (Å²) >= 11 is 0. The van der Waals surface area contributed by atoms with E-state index in [1.807, 2.05) is 37.3 Å². The molecule has 1 saturated carbocycles. The molecular weight excluding hydrogens is 348 g/mol. The molecule has 0 radical (unpaired) electrons. The van der Waals surface area contributed by atoms with Crippen LogP contribution < -0.4 is 0 Å². The first kappa shape index (κ1) is 20.9. The molecule has 0 N–H and O–H groups in total. The lowest BCUT2D eigenvalue weighted by Gasteiger charge is -2.29. The van der Waals surface area contributed by atoms with Gasteiger partial charge in [0, 0.05) is 0 Å². The van der Waals surface area contributed by atoms with Crippen molar-refractivity contribution in [3.63, 3.8) is 0 Å². The van der Waals surface area contributed by atoms with Crippen LogP contribution >= 0.6 is 0 Å². The molecule has 1 fully saturated rings. The number of esters is 3. The summed E-state index contributed by atoms with van der Waals surface area (Å²) in [6.45, 7) is 3.84. The van der Waals surface area contributed by atoms with Crippen LogP contribution in [0.15, 0.2) is 30.3 Å². The maximum absolute atomic E-state index is 12.5. The highest BCUT2D eigenvalue weighted by molar-refractivity contribution is 5.84. The van der Waals surface area contributed by atoms with E-state index >= 15 is 0 Å². The van der Waals surface area contributed by atoms with Crippen molar-refractivity contribution >= 4 is 17.9 Å². The standard InChI is InChI=1S/C21H28O6/c1-3-13-25-19(22)15(2)27-21(24)18-12-8-7-11-17(18)20(23)26-14-16-9-5-4-6-10-16/h4-6,9-10,15,17-18H,3,7-8,11-14H2,1-2H3/t15?,17-,18+/m0/s1. The summed E-state index contributed by atoms with van der Waals surface area (Å²) in [5.74, 6) is -2.60. The van der Waals surface area contributed by atoms with Crippen molar-refractivity contribution in [3.8, 4) is 0 Å². The topological polar surface area (TPSA) is 78.9 Å². The zero-order valence-electron chi connectivity index (χ0n) is 16.0. The SMILES string of the molecule is CCCOC(=O)C(C)OC(=O)[C@@H]1CCCC[C@@H]1C(=O)OCc1ccccc1. The zero-order valence-corrected chi connectivity index (χ0v) is 16.0. The monoisotopic (exact) mass is 376 g/mol. The maximum Gasteiger partial charge on any atom is 0.347 e. The predicted octanol–water partition coefficient (Wildman–Crippen LogP) is 3.42. The van der Waals surface area contributed by atoms with Gasteiger partial charge in [-0.3, -0.25) is 9.59 Å². The van der Waals surface area contributed by atoms with Crippen molar-refractivity contribution < 1.29 is 28.6 Å². The van der Waals surface area contributed by atoms with Gasteiger partial charge in [0.2, 0.25) is 0 Å². The second-order valence-corrected chi connectivity index (χ2v) is 6.84. The Hall–Kier alpha value is -2.37. The number of hydrogen-bond donors (Lipinski definition) is 0. The summed E-state index contributed by atoms with van der Waals surface area (Å²) in [7, 11) is 0. The molecule has 3 atom stereocenters. The van der Waals surface area contributed by atoms with Gasteiger partial charge in [0.25, 0.3) is 0 Å². The summed E-state index contributed by atoms with van der Waals surface area (Å²) in [5, 5.41) is 0. The number of benzene rings is 1. The molecular formula is C21H28O6. The number of carbonyl (C=O) groups is 3. The number of hydrogen-bond acceptors (Lipinski definition) is 6. The van der Waals surface area contributed by atoms with E-state index in [1.165, 1.54) is 6.92 Å². The molecule has 6 nitrogen and oxygen atoms in total. The van der Waals surface area contributed by atoms with E-state index in [4.69, 9.17) is 14.2 Å². The average Bonchev–Trinajstić information content (AvgIpc) is 2.70. The highest BCUT2D eigenvalue weighted by Gasteiger charge is 2.39. The van der Waals surface area contributed by atoms with Crippen LogP contribution in [0.1, 0.15) is 51.5 Å². The number of rotatable bonds is 8. The van der Waals surface area contributed by atoms with Crippen molar-refractivity contribution in [2.24, 2.45) is 11.8 Å². The molecule has 148 valence electrons. The fraction of sp³-hybridized carbons (Fsp3) is 0.571. The van der Waals surface area contributed by atoms with Gasteiger partial charge in [0.1, 0.15) is 6.61 Å². The Balaban J connectivity index is 1.91. The van der Waals surface area contributed by atoms with Gasteiger partial charge in [-0.15, -0.1) is 0 Å². The van der Waals surface area contributed by atoms with Crippen LogP contribution in [0.5, 0.6) is 0 Å². The van der Waals surface area contributed by atoms with Crippen molar-refractivity contribution in [3.05, 3.63) is 35.9 Å². The molecule has 0 aliphatic heterocycles. The highest BCUT2D eigenvalue weighted by atomic mass is 16.6. The maximum atomic E-state index is 12.5. The van der Waals surface area contributed by atoms with E-state index in [-0.39, 0.29) is 12.6 Å². The van der Waals surface area contributed by atoms with E-state index in [2.05, 4.69) is 0 Å². The van der Waals surface area contributed by atoms with Crippen molar-refractivity contribution in [1.82, 2.24) is 0 Å². The molecule has 1 aliphatic rings. The van der Waals surface area contributed by atoms with E-state index in [0.29, 0.717) is 25.9 Å². The van der Waals surface area contributed by atoms with Gasteiger partial charge in [0.05, 0.1) is 18.4 Å². The van der Waals surface area contributed by atoms with Crippen LogP contribution in [0.25, 0.3) is 0 Å². The summed E-state index contributed by atoms with van der Waals surface area (Å²) in [5.41, 5.74) is 0.896. The molecule has 0 aromatic heterocycles. The Kier molecular flexibility index (Phi) is 8.30. The highest BCUT2D eigenvalue weighted by Crippen LogP contribution is 2.32. The largest absolute Gasteiger partial charge is 0.463 e. The molecule has 1 aliphatic carbocycles. The molecule has 6 heteroatoms. The molecule has 0 bridgehead atoms. The molecule has 0 heterocycles. The molecule has 0 saturated heterocycles. The fourth-order valence-electron chi connectivity index (χ4n) is 3.16. The summed E-state index contributed by atoms with van der Waals surface area (Å²) in [4.78, 5) is 36.9. The number of ether oxygens (including phenoxy) is 3. The zero-order chi connectivity index (χ0) is 19.6. The van der Waals surface area contributed by atoms with Crippen LogP contribution in [0.3, 0.4) is 0 Å². The molecule has 27 heavy (non-hydrogen) atoms. The van der Waals surface area contributed by atoms with E-state index in [0.717, 1.165) is 18.4 Å². The average molecular weight is 376 g/mol. The Morgan fingerprint density at radius 2 is 1.63 bits per heavy atom. The Morgan fingerprint density at radius 3 is 2.26 bits per heavy atom. The Labute approximate surface area is 160 Å². The second-order valence-electron chi connectivity index (χ2n) is 6.84. The van der Waals surface area contributed by atoms with Crippen LogP contribution in [0.2, 0.25) is 0 Å². The van der Waals surface area contributed by atoms with E-state index < -0.39 is 29.9 Å². The fourth-order valence-corrected chi connectivity index (χ4v) is 3.16. The minimum Gasteiger partial charge on any atom is -0.463 e. The lowest BCUT2D eigenvalue weighted by molar-refractivity contribution is -0.174. The minimum atomic E-state index is -0.980. The van der Waals surface area contributed by atoms with Crippen molar-refractivity contribution in [2.45, 2.75) is 58.7 Å². The van der Waals surface area contributed by atoms with Crippen LogP contribution in [-0.4, -0.2) is 30.6 Å². The van der Waals surface area contributed by atoms with Crippen LogP contribution in [0.4, 0.5) is 0 Å². The van der Waals surface area contributed by atoms with Crippen molar-refractivity contribution in [1.29, 1.82) is 0 Å². The second kappa shape index (κ2) is 10.7. The van der Waals surface area contributed by atoms with E-state index in [9.17, 15) is 14.4 Å². The van der Waals surface area contributed by atoms with Crippen molar-refractivity contribution in [2.75, 3.05) is 6.61 Å². The third-order valence-electron chi connectivity index (χ3n) is 4.67. The third kappa shape index (κ3) is 6.38. The van der Waals surface area contributed by atoms with Gasteiger partial charge in [-0.1, -0.05) is 50.1 Å². The molecule has 1 aromatic rings. The quantitative estimate of drug-likeness (QED) is 0.511. The normalized spacial score (nSPS) is 20.4. The number of carbonyl (C=O) groups excluding carboxylic acids is 3. The lowest BCUT2D eigenvalue weighted by atomic mass is 9.79. The summed E-state index contributed by atoms with van der Waals surface area (Å²) < 4.78 is 15.7. The van der Waals surface area contributed by atoms with Crippen LogP contribution in [0, 0.1) is 11.8 Å². The minimum absolute atomic E-state index is 0.178. The van der Waals surface area contributed by atoms with Gasteiger partial charge in [0.15, 0.2) is 6.10 Å². The van der Waals surface area contributed by atoms with Crippen LogP contribution in [-0.2, 0) is 35.2 Å². The van der Waals surface area contributed by atoms with Gasteiger partial charge < -0.3 is 14.2 Å². The summed E-state index contributed by atoms with van der Waals surface area (Å²) in [6.07, 6.45) is 2.57. The Bertz CT molecular complexity index is 627. The first-order chi connectivity index (χ1) is 13.0. The predicted molar refractivity (Wildman–Crippen MR) is 98.5 cm³/mol. The van der Waals surface area contributed by atoms with Gasteiger partial charge >= 0.3 is 17.9 Å². The summed E-state index contributed by atoms with van der Waals surface area (Å²) in [6, 6.07) is 9.41. The molecule has 1 unspecified atom stereocenters. The third-order valence-corrected chi connectivity index (χ3v) is 4.67. The molecule has 1 aromatic carbocycles. The smallest absolute Gasteiger partial charge is 0.347 e. The van der Waals surface area contributed by atoms with E-state index in [1.54, 1.807) is 0 Å². The van der Waals surface area contributed by atoms with Gasteiger partial charge in [-0.2, -0.15) is 0 Å². The molecule has 0 amide bonds. The first-order valence-electron chi connectivity index (χ1n) is 9.60. The lowest BCUT2D eigenvalue weighted by Crippen LogP contribution is -2.37. The molecule has 0 spiro atoms. The Morgan fingerprint density at radius 1 is 1.00 bits per heavy atom.